The zero-order chi connectivity index (χ0) is 13.3. The first-order valence-corrected chi connectivity index (χ1v) is 7.21. The highest BCUT2D eigenvalue weighted by Crippen LogP contribution is 2.25. The zero-order valence-corrected chi connectivity index (χ0v) is 11.0. The summed E-state index contributed by atoms with van der Waals surface area (Å²) in [7, 11) is -3.64. The molecular formula is C11H12ClNO4S. The SMILES string of the molecule is O=C(O)[C@H]1CCN(S(=O)(=O)c2cccc(Cl)c2)C1. The van der Waals surface area contributed by atoms with Gasteiger partial charge in [0.15, 0.2) is 0 Å². The maximum absolute atomic E-state index is 12.2. The first-order valence-electron chi connectivity index (χ1n) is 5.40. The van der Waals surface area contributed by atoms with Crippen LogP contribution in [0.3, 0.4) is 0 Å². The van der Waals surface area contributed by atoms with Crippen molar-refractivity contribution in [2.75, 3.05) is 13.1 Å². The third-order valence-corrected chi connectivity index (χ3v) is 5.03. The van der Waals surface area contributed by atoms with E-state index in [0.717, 1.165) is 0 Å². The third-order valence-electron chi connectivity index (χ3n) is 2.93. The smallest absolute Gasteiger partial charge is 0.307 e. The number of halogens is 1. The summed E-state index contributed by atoms with van der Waals surface area (Å²) >= 11 is 5.76. The first kappa shape index (κ1) is 13.3. The second-order valence-electron chi connectivity index (χ2n) is 4.14. The zero-order valence-electron chi connectivity index (χ0n) is 9.41. The molecule has 0 bridgehead atoms. The molecule has 0 aliphatic carbocycles. The van der Waals surface area contributed by atoms with Gasteiger partial charge in [-0.15, -0.1) is 0 Å². The van der Waals surface area contributed by atoms with E-state index < -0.39 is 21.9 Å². The van der Waals surface area contributed by atoms with Gasteiger partial charge in [-0.1, -0.05) is 17.7 Å². The van der Waals surface area contributed by atoms with Crippen molar-refractivity contribution in [3.05, 3.63) is 29.3 Å². The average Bonchev–Trinajstić information content (AvgIpc) is 2.79. The van der Waals surface area contributed by atoms with Crippen LogP contribution in [0.15, 0.2) is 29.2 Å². The van der Waals surface area contributed by atoms with Crippen LogP contribution in [0.5, 0.6) is 0 Å². The highest BCUT2D eigenvalue weighted by molar-refractivity contribution is 7.89. The van der Waals surface area contributed by atoms with Gasteiger partial charge < -0.3 is 5.11 Å². The predicted octanol–water partition coefficient (Wildman–Crippen LogP) is 1.44. The van der Waals surface area contributed by atoms with Crippen LogP contribution in [0.25, 0.3) is 0 Å². The largest absolute Gasteiger partial charge is 0.481 e. The summed E-state index contributed by atoms with van der Waals surface area (Å²) < 4.78 is 25.7. The second kappa shape index (κ2) is 4.87. The minimum absolute atomic E-state index is 0.0180. The van der Waals surface area contributed by atoms with Crippen LogP contribution in [0, 0.1) is 5.92 Å². The molecule has 1 atom stereocenters. The highest BCUT2D eigenvalue weighted by Gasteiger charge is 2.35. The van der Waals surface area contributed by atoms with E-state index in [1.807, 2.05) is 0 Å². The third kappa shape index (κ3) is 2.50. The van der Waals surface area contributed by atoms with Gasteiger partial charge in [0.1, 0.15) is 0 Å². The number of carboxylic acids is 1. The van der Waals surface area contributed by atoms with Gasteiger partial charge in [0.2, 0.25) is 10.0 Å². The fourth-order valence-corrected chi connectivity index (χ4v) is 3.73. The van der Waals surface area contributed by atoms with Gasteiger partial charge in [-0.3, -0.25) is 4.79 Å². The number of sulfonamides is 1. The Hall–Kier alpha value is -1.11. The van der Waals surface area contributed by atoms with E-state index in [-0.39, 0.29) is 18.0 Å². The first-order chi connectivity index (χ1) is 8.41. The maximum atomic E-state index is 12.2. The molecule has 5 nitrogen and oxygen atoms in total. The topological polar surface area (TPSA) is 74.7 Å². The Bertz CT molecular complexity index is 572. The number of nitrogens with zero attached hydrogens (tertiary/aromatic N) is 1. The van der Waals surface area contributed by atoms with Crippen molar-refractivity contribution in [2.24, 2.45) is 5.92 Å². The van der Waals surface area contributed by atoms with Crippen molar-refractivity contribution >= 4 is 27.6 Å². The average molecular weight is 290 g/mol. The standard InChI is InChI=1S/C11H12ClNO4S/c12-9-2-1-3-10(6-9)18(16,17)13-5-4-8(7-13)11(14)15/h1-3,6,8H,4-5,7H2,(H,14,15)/t8-/m0/s1. The molecule has 1 aliphatic rings. The number of aliphatic carboxylic acids is 1. The molecule has 0 unspecified atom stereocenters. The number of hydrogen-bond acceptors (Lipinski definition) is 3. The molecule has 0 spiro atoms. The van der Waals surface area contributed by atoms with Gasteiger partial charge in [0.05, 0.1) is 10.8 Å². The molecular weight excluding hydrogens is 278 g/mol. The van der Waals surface area contributed by atoms with Crippen LogP contribution in [-0.2, 0) is 14.8 Å². The molecule has 18 heavy (non-hydrogen) atoms. The molecule has 0 saturated carbocycles. The lowest BCUT2D eigenvalue weighted by atomic mass is 10.1. The van der Waals surface area contributed by atoms with Crippen molar-refractivity contribution in [1.29, 1.82) is 0 Å². The van der Waals surface area contributed by atoms with Gasteiger partial charge in [-0.25, -0.2) is 8.42 Å². The second-order valence-corrected chi connectivity index (χ2v) is 6.52. The lowest BCUT2D eigenvalue weighted by Crippen LogP contribution is -2.30. The van der Waals surface area contributed by atoms with Gasteiger partial charge >= 0.3 is 5.97 Å². The van der Waals surface area contributed by atoms with Crippen molar-refractivity contribution < 1.29 is 18.3 Å². The molecule has 1 fully saturated rings. The van der Waals surface area contributed by atoms with Gasteiger partial charge in [-0.05, 0) is 24.6 Å². The number of carbonyl (C=O) groups is 1. The molecule has 1 aromatic carbocycles. The molecule has 2 rings (SSSR count). The summed E-state index contributed by atoms with van der Waals surface area (Å²) in [5.41, 5.74) is 0. The Kier molecular flexibility index (Phi) is 3.61. The molecule has 98 valence electrons. The van der Waals surface area contributed by atoms with E-state index in [2.05, 4.69) is 0 Å². The lowest BCUT2D eigenvalue weighted by Gasteiger charge is -2.15. The van der Waals surface area contributed by atoms with Crippen LogP contribution < -0.4 is 0 Å². The molecule has 1 saturated heterocycles. The summed E-state index contributed by atoms with van der Waals surface area (Å²) in [4.78, 5) is 10.9. The Morgan fingerprint density at radius 2 is 2.17 bits per heavy atom. The fourth-order valence-electron chi connectivity index (χ4n) is 1.92. The van der Waals surface area contributed by atoms with Crippen molar-refractivity contribution in [3.8, 4) is 0 Å². The highest BCUT2D eigenvalue weighted by atomic mass is 35.5. The fraction of sp³-hybridized carbons (Fsp3) is 0.364. The Labute approximate surface area is 110 Å². The number of carboxylic acid groups (broad SMARTS) is 1. The van der Waals surface area contributed by atoms with E-state index in [0.29, 0.717) is 11.4 Å². The molecule has 1 N–H and O–H groups in total. The van der Waals surface area contributed by atoms with E-state index >= 15 is 0 Å². The van der Waals surface area contributed by atoms with Crippen LogP contribution in [0.2, 0.25) is 5.02 Å². The van der Waals surface area contributed by atoms with E-state index in [4.69, 9.17) is 16.7 Å². The van der Waals surface area contributed by atoms with Gasteiger partial charge in [-0.2, -0.15) is 4.31 Å². The normalized spacial score (nSPS) is 21.1. The van der Waals surface area contributed by atoms with Crippen molar-refractivity contribution in [2.45, 2.75) is 11.3 Å². The van der Waals surface area contributed by atoms with Crippen molar-refractivity contribution in [3.63, 3.8) is 0 Å². The maximum Gasteiger partial charge on any atom is 0.307 e. The number of hydrogen-bond donors (Lipinski definition) is 1. The minimum Gasteiger partial charge on any atom is -0.481 e. The van der Waals surface area contributed by atoms with Crippen LogP contribution >= 0.6 is 11.6 Å². The monoisotopic (exact) mass is 289 g/mol. The van der Waals surface area contributed by atoms with Crippen LogP contribution in [0.4, 0.5) is 0 Å². The van der Waals surface area contributed by atoms with Crippen molar-refractivity contribution in [1.82, 2.24) is 4.31 Å². The summed E-state index contributed by atoms with van der Waals surface area (Å²) in [6.07, 6.45) is 0.342. The molecule has 0 aromatic heterocycles. The Morgan fingerprint density at radius 3 is 2.72 bits per heavy atom. The van der Waals surface area contributed by atoms with E-state index in [9.17, 15) is 13.2 Å². The summed E-state index contributed by atoms with van der Waals surface area (Å²) in [6.45, 7) is 0.246. The molecule has 0 radical (unpaired) electrons. The van der Waals surface area contributed by atoms with Gasteiger partial charge in [0, 0.05) is 18.1 Å². The minimum atomic E-state index is -3.64. The molecule has 0 amide bonds. The van der Waals surface area contributed by atoms with Crippen LogP contribution in [0.1, 0.15) is 6.42 Å². The number of benzene rings is 1. The summed E-state index contributed by atoms with van der Waals surface area (Å²) in [5.74, 6) is -1.59. The predicted molar refractivity (Wildman–Crippen MR) is 66.0 cm³/mol. The summed E-state index contributed by atoms with van der Waals surface area (Å²) in [6, 6.07) is 5.96. The van der Waals surface area contributed by atoms with Gasteiger partial charge in [0.25, 0.3) is 0 Å². The Balaban J connectivity index is 2.25. The van der Waals surface area contributed by atoms with Crippen LogP contribution in [-0.4, -0.2) is 36.9 Å². The molecule has 1 heterocycles. The quantitative estimate of drug-likeness (QED) is 0.913. The molecule has 1 aromatic rings. The van der Waals surface area contributed by atoms with E-state index in [1.165, 1.54) is 16.4 Å². The Morgan fingerprint density at radius 1 is 1.44 bits per heavy atom. The number of rotatable bonds is 3. The van der Waals surface area contributed by atoms with E-state index in [1.54, 1.807) is 12.1 Å². The summed E-state index contributed by atoms with van der Waals surface area (Å²) in [5, 5.41) is 9.21. The molecule has 1 aliphatic heterocycles. The molecule has 7 heteroatoms. The lowest BCUT2D eigenvalue weighted by molar-refractivity contribution is -0.141.